The molecular formula is C58H105IO8Si2Sn. The molecule has 0 aromatic carbocycles. The maximum absolute atomic E-state index is 14.3. The van der Waals surface area contributed by atoms with E-state index >= 15 is 0 Å². The molecule has 404 valence electrons. The van der Waals surface area contributed by atoms with Crippen LogP contribution in [0.15, 0.2) is 56.3 Å². The van der Waals surface area contributed by atoms with Gasteiger partial charge < -0.3 is 9.16 Å². The standard InChI is InChI=1S/C46H78IO8Si2.3C4H9.Sn/c1-18-41(48)54-40-31-36(53-39(26-28-50-42(49)43(4,5)6)46(40,13)32-51-56(14,15)44(7,8)9)24-21-19-20-23-33(2)29-37-34(3)38(30-35(52-37)25-22-27-47)55-57(16,17)45(10,11)12;3*1-3-4-2;/h1,18,20-24,27,29,34-40H,19,25-26,28,30-32H2,2-17H3;3*1,3-4H2,2H3;/b18-1?,23-20+,24-21+,27-22+,33-29-;;;;/t34-,35-,36-,37+,38-,39+,40-,46+;;;;/m1..../s1. The number of halogens is 1. The van der Waals surface area contributed by atoms with Crippen LogP contribution < -0.4 is 0 Å². The minimum absolute atomic E-state index is 0.0126. The molecule has 2 saturated heterocycles. The molecule has 0 aromatic rings. The average molecular weight is 1230 g/mol. The summed E-state index contributed by atoms with van der Waals surface area (Å²) in [7, 11) is -4.19. The Balaban J connectivity index is 2.52. The number of carbonyl (C=O) groups excluding carboxylic acids is 2. The van der Waals surface area contributed by atoms with Crippen molar-refractivity contribution >= 4 is 69.5 Å². The SMILES string of the molecule is CCC[CH2][Sn](/[CH]=C/C(=O)O[C@@H]1C[C@@H](/C=C/C/C=C/C(C)=C\[C@@H]2O[C@H](C/C=C/I)C[C@@H](O[Si](C)(C)C(C)(C)C)[C@@H]2C)O[C@@H](CCOC(=O)C(C)(C)C)[C@]1(C)CO[Si](C)(C)C(C)(C)C)([CH2]CCC)[CH2]CCC. The Hall–Kier alpha value is -0.558. The second kappa shape index (κ2) is 29.7. The molecule has 2 fully saturated rings. The third kappa shape index (κ3) is 21.2. The molecule has 2 heterocycles. The summed E-state index contributed by atoms with van der Waals surface area (Å²) in [6.45, 7) is 42.5. The van der Waals surface area contributed by atoms with E-state index in [1.54, 1.807) is 0 Å². The molecule has 0 aliphatic carbocycles. The third-order valence-electron chi connectivity index (χ3n) is 16.1. The van der Waals surface area contributed by atoms with Gasteiger partial charge in [0, 0.05) is 5.92 Å². The number of hydrogen-bond donors (Lipinski definition) is 0. The number of allylic oxidation sites excluding steroid dienone is 4. The Morgan fingerprint density at radius 1 is 0.814 bits per heavy atom. The predicted octanol–water partition coefficient (Wildman–Crippen LogP) is 17.0. The van der Waals surface area contributed by atoms with E-state index in [1.807, 2.05) is 26.8 Å². The first-order valence-electron chi connectivity index (χ1n) is 27.4. The summed E-state index contributed by atoms with van der Waals surface area (Å²) in [5, 5.41) is 0.123. The van der Waals surface area contributed by atoms with Crippen LogP contribution in [0.2, 0.25) is 49.6 Å². The van der Waals surface area contributed by atoms with Crippen LogP contribution in [0.1, 0.15) is 174 Å². The van der Waals surface area contributed by atoms with Gasteiger partial charge in [0.1, 0.15) is 0 Å². The quantitative estimate of drug-likeness (QED) is 0.0201. The normalized spacial score (nSPS) is 26.0. The molecule has 2 aliphatic rings. The van der Waals surface area contributed by atoms with Crippen LogP contribution in [0.3, 0.4) is 0 Å². The summed E-state index contributed by atoms with van der Waals surface area (Å²) in [5.74, 6) is -0.275. The molecule has 0 bridgehead atoms. The summed E-state index contributed by atoms with van der Waals surface area (Å²) >= 11 is -0.482. The Morgan fingerprint density at radius 3 is 1.93 bits per heavy atom. The van der Waals surface area contributed by atoms with Gasteiger partial charge in [-0.05, 0) is 62.8 Å². The Morgan fingerprint density at radius 2 is 1.40 bits per heavy atom. The monoisotopic (exact) mass is 1230 g/mol. The first kappa shape index (κ1) is 65.6. The van der Waals surface area contributed by atoms with E-state index in [0.29, 0.717) is 25.9 Å². The molecular weight excluding hydrogens is 1130 g/mol. The predicted molar refractivity (Wildman–Crippen MR) is 312 cm³/mol. The zero-order valence-corrected chi connectivity index (χ0v) is 55.2. The van der Waals surface area contributed by atoms with Gasteiger partial charge in [-0.2, -0.15) is 0 Å². The number of carbonyl (C=O) groups is 2. The topological polar surface area (TPSA) is 89.5 Å². The molecule has 8 atom stereocenters. The van der Waals surface area contributed by atoms with Gasteiger partial charge in [-0.15, -0.1) is 0 Å². The second-order valence-corrected chi connectivity index (χ2v) is 48.7. The summed E-state index contributed by atoms with van der Waals surface area (Å²) < 4.78 is 48.7. The van der Waals surface area contributed by atoms with Gasteiger partial charge in [0.15, 0.2) is 8.32 Å². The number of esters is 2. The van der Waals surface area contributed by atoms with E-state index in [0.717, 1.165) is 18.4 Å². The molecule has 0 radical (unpaired) electrons. The average Bonchev–Trinajstić information content (AvgIpc) is 3.26. The van der Waals surface area contributed by atoms with E-state index in [-0.39, 0.29) is 59.0 Å². The van der Waals surface area contributed by atoms with Gasteiger partial charge in [-0.3, -0.25) is 0 Å². The van der Waals surface area contributed by atoms with Crippen LogP contribution in [0.25, 0.3) is 0 Å². The molecule has 8 nitrogen and oxygen atoms in total. The number of hydrogen-bond acceptors (Lipinski definition) is 8. The van der Waals surface area contributed by atoms with Crippen LogP contribution >= 0.6 is 22.6 Å². The Labute approximate surface area is 450 Å². The van der Waals surface area contributed by atoms with Gasteiger partial charge >= 0.3 is 281 Å². The molecule has 0 saturated carbocycles. The van der Waals surface area contributed by atoms with E-state index < -0.39 is 58.0 Å². The molecule has 0 unspecified atom stereocenters. The Bertz CT molecular complexity index is 1710. The van der Waals surface area contributed by atoms with Gasteiger partial charge in [-0.1, -0.05) is 68.0 Å². The fraction of sp³-hybridized carbons (Fsp3) is 0.793. The summed E-state index contributed by atoms with van der Waals surface area (Å²) in [4.78, 5) is 27.3. The molecule has 0 amide bonds. The van der Waals surface area contributed by atoms with Crippen molar-refractivity contribution in [1.29, 1.82) is 0 Å². The van der Waals surface area contributed by atoms with Crippen molar-refractivity contribution in [2.45, 2.75) is 261 Å². The summed E-state index contributed by atoms with van der Waals surface area (Å²) in [6, 6.07) is 0. The molecule has 0 aromatic heterocycles. The zero-order valence-electron chi connectivity index (χ0n) is 48.2. The van der Waals surface area contributed by atoms with E-state index in [1.165, 1.54) is 51.8 Å². The first-order valence-corrected chi connectivity index (χ1v) is 42.1. The van der Waals surface area contributed by atoms with Crippen molar-refractivity contribution in [3.63, 3.8) is 0 Å². The van der Waals surface area contributed by atoms with Gasteiger partial charge in [0.25, 0.3) is 0 Å². The van der Waals surface area contributed by atoms with Gasteiger partial charge in [-0.25, -0.2) is 0 Å². The number of unbranched alkanes of at least 4 members (excludes halogenated alkanes) is 3. The van der Waals surface area contributed by atoms with E-state index in [9.17, 15) is 9.59 Å². The molecule has 2 aliphatic heterocycles. The summed E-state index contributed by atoms with van der Waals surface area (Å²) in [5.41, 5.74) is -0.155. The van der Waals surface area contributed by atoms with Gasteiger partial charge in [0.05, 0.1) is 18.3 Å². The Kier molecular flexibility index (Phi) is 27.8. The van der Waals surface area contributed by atoms with Crippen LogP contribution in [-0.4, -0.2) is 96.8 Å². The van der Waals surface area contributed by atoms with Crippen LogP contribution in [-0.2, 0) is 37.4 Å². The minimum atomic E-state index is -2.77. The van der Waals surface area contributed by atoms with Crippen molar-refractivity contribution in [2.75, 3.05) is 13.2 Å². The molecule has 0 N–H and O–H groups in total. The second-order valence-electron chi connectivity index (χ2n) is 25.4. The van der Waals surface area contributed by atoms with E-state index in [2.05, 4.69) is 176 Å². The fourth-order valence-electron chi connectivity index (χ4n) is 8.88. The number of rotatable bonds is 27. The molecule has 70 heavy (non-hydrogen) atoms. The van der Waals surface area contributed by atoms with Gasteiger partial charge in [0.2, 0.25) is 0 Å². The summed E-state index contributed by atoms with van der Waals surface area (Å²) in [6.07, 6.45) is 24.7. The van der Waals surface area contributed by atoms with Crippen LogP contribution in [0.4, 0.5) is 0 Å². The number of ether oxygens (including phenoxy) is 4. The van der Waals surface area contributed by atoms with Crippen LogP contribution in [0, 0.1) is 16.7 Å². The third-order valence-corrected chi connectivity index (χ3v) is 39.6. The van der Waals surface area contributed by atoms with Crippen molar-refractivity contribution in [3.8, 4) is 0 Å². The van der Waals surface area contributed by atoms with Crippen LogP contribution in [0.5, 0.6) is 0 Å². The first-order chi connectivity index (χ1) is 32.4. The van der Waals surface area contributed by atoms with Crippen molar-refractivity contribution in [1.82, 2.24) is 0 Å². The molecule has 12 heteroatoms. The fourth-order valence-corrected chi connectivity index (χ4v) is 25.7. The zero-order chi connectivity index (χ0) is 53.2. The van der Waals surface area contributed by atoms with Crippen molar-refractivity contribution < 1.29 is 37.4 Å². The van der Waals surface area contributed by atoms with Crippen molar-refractivity contribution in [3.05, 3.63) is 56.3 Å². The molecule has 0 spiro atoms. The van der Waals surface area contributed by atoms with Crippen molar-refractivity contribution in [2.24, 2.45) is 16.7 Å². The molecule has 2 rings (SSSR count). The maximum atomic E-state index is 14.3. The van der Waals surface area contributed by atoms with E-state index in [4.69, 9.17) is 27.8 Å².